The van der Waals surface area contributed by atoms with Gasteiger partial charge in [-0.3, -0.25) is 4.79 Å². The molecule has 2 N–H and O–H groups in total. The topological polar surface area (TPSA) is 120 Å². The van der Waals surface area contributed by atoms with Crippen molar-refractivity contribution in [3.05, 3.63) is 29.3 Å². The van der Waals surface area contributed by atoms with Crippen molar-refractivity contribution in [3.63, 3.8) is 0 Å². The lowest BCUT2D eigenvalue weighted by molar-refractivity contribution is -0.113. The summed E-state index contributed by atoms with van der Waals surface area (Å²) in [7, 11) is 2.43. The van der Waals surface area contributed by atoms with E-state index in [0.29, 0.717) is 12.3 Å². The van der Waals surface area contributed by atoms with Gasteiger partial charge in [-0.05, 0) is 39.0 Å². The maximum Gasteiger partial charge on any atom is 0.407 e. The highest BCUT2D eigenvalue weighted by Gasteiger charge is 2.16. The minimum Gasteiger partial charge on any atom is -0.465 e. The Morgan fingerprint density at radius 1 is 0.966 bits per heavy atom. The van der Waals surface area contributed by atoms with Gasteiger partial charge >= 0.3 is 18.0 Å². The standard InChI is InChI=1S/C19H26N2O7S/c1-19(2,3)28-18(25)20-6-7-29-11-15(22)21-14-9-12(16(23)26-4)8-13(10-14)17(24)27-5/h8-10H,6-7,11H2,1-5H3,(H,20,25)(H,21,22). The molecule has 10 heteroatoms. The Bertz CT molecular complexity index is 725. The molecule has 0 aliphatic rings. The van der Waals surface area contributed by atoms with Crippen LogP contribution in [0, 0.1) is 0 Å². The molecule has 160 valence electrons. The van der Waals surface area contributed by atoms with Gasteiger partial charge in [-0.2, -0.15) is 11.8 Å². The van der Waals surface area contributed by atoms with E-state index < -0.39 is 23.6 Å². The molecule has 0 radical (unpaired) electrons. The van der Waals surface area contributed by atoms with Crippen LogP contribution in [0.15, 0.2) is 18.2 Å². The first-order chi connectivity index (χ1) is 13.6. The summed E-state index contributed by atoms with van der Waals surface area (Å²) in [5, 5.41) is 5.22. The summed E-state index contributed by atoms with van der Waals surface area (Å²) in [5.41, 5.74) is -0.0792. The van der Waals surface area contributed by atoms with E-state index in [1.807, 2.05) is 0 Å². The second-order valence-electron chi connectivity index (χ2n) is 6.81. The number of alkyl carbamates (subject to hydrolysis) is 1. The number of rotatable bonds is 8. The zero-order chi connectivity index (χ0) is 22.0. The molecule has 0 aliphatic carbocycles. The number of carbonyl (C=O) groups is 4. The third-order valence-electron chi connectivity index (χ3n) is 3.21. The van der Waals surface area contributed by atoms with Crippen LogP contribution >= 0.6 is 11.8 Å². The van der Waals surface area contributed by atoms with Crippen molar-refractivity contribution < 1.29 is 33.4 Å². The zero-order valence-electron chi connectivity index (χ0n) is 17.1. The van der Waals surface area contributed by atoms with E-state index >= 15 is 0 Å². The van der Waals surface area contributed by atoms with Crippen molar-refractivity contribution in [1.29, 1.82) is 0 Å². The molecule has 0 unspecified atom stereocenters. The van der Waals surface area contributed by atoms with Crippen molar-refractivity contribution in [2.24, 2.45) is 0 Å². The number of thioether (sulfide) groups is 1. The van der Waals surface area contributed by atoms with Crippen LogP contribution in [0.3, 0.4) is 0 Å². The monoisotopic (exact) mass is 426 g/mol. The zero-order valence-corrected chi connectivity index (χ0v) is 17.9. The Hall–Kier alpha value is -2.75. The third-order valence-corrected chi connectivity index (χ3v) is 4.17. The molecular formula is C19H26N2O7S. The normalized spacial score (nSPS) is 10.7. The summed E-state index contributed by atoms with van der Waals surface area (Å²) < 4.78 is 14.4. The first-order valence-electron chi connectivity index (χ1n) is 8.72. The van der Waals surface area contributed by atoms with E-state index in [0.717, 1.165) is 0 Å². The highest BCUT2D eigenvalue weighted by Crippen LogP contribution is 2.17. The number of nitrogens with one attached hydrogen (secondary N) is 2. The van der Waals surface area contributed by atoms with Crippen molar-refractivity contribution in [3.8, 4) is 0 Å². The van der Waals surface area contributed by atoms with Crippen LogP contribution in [0.5, 0.6) is 0 Å². The number of benzene rings is 1. The number of amides is 2. The molecule has 0 fully saturated rings. The highest BCUT2D eigenvalue weighted by atomic mass is 32.2. The summed E-state index contributed by atoms with van der Waals surface area (Å²) in [6.07, 6.45) is -0.516. The quantitative estimate of drug-likeness (QED) is 0.369. The number of esters is 2. The predicted octanol–water partition coefficient (Wildman–Crippen LogP) is 2.46. The van der Waals surface area contributed by atoms with Crippen molar-refractivity contribution >= 4 is 41.4 Å². The number of ether oxygens (including phenoxy) is 3. The Morgan fingerprint density at radius 2 is 1.52 bits per heavy atom. The molecular weight excluding hydrogens is 400 g/mol. The number of hydrogen-bond donors (Lipinski definition) is 2. The lowest BCUT2D eigenvalue weighted by Gasteiger charge is -2.19. The molecule has 1 rings (SSSR count). The van der Waals surface area contributed by atoms with E-state index in [1.54, 1.807) is 20.8 Å². The molecule has 0 saturated heterocycles. The van der Waals surface area contributed by atoms with E-state index in [9.17, 15) is 19.2 Å². The summed E-state index contributed by atoms with van der Waals surface area (Å²) in [4.78, 5) is 47.2. The fourth-order valence-electron chi connectivity index (χ4n) is 2.07. The van der Waals surface area contributed by atoms with Crippen LogP contribution in [-0.2, 0) is 19.0 Å². The Morgan fingerprint density at radius 3 is 2.00 bits per heavy atom. The smallest absolute Gasteiger partial charge is 0.407 e. The lowest BCUT2D eigenvalue weighted by Crippen LogP contribution is -2.33. The average Bonchev–Trinajstić information content (AvgIpc) is 2.64. The van der Waals surface area contributed by atoms with Gasteiger partial charge in [-0.25, -0.2) is 14.4 Å². The average molecular weight is 426 g/mol. The van der Waals surface area contributed by atoms with Crippen LogP contribution < -0.4 is 10.6 Å². The summed E-state index contributed by atoms with van der Waals surface area (Å²) in [6.45, 7) is 5.66. The molecule has 0 bridgehead atoms. The van der Waals surface area contributed by atoms with E-state index in [4.69, 9.17) is 4.74 Å². The van der Waals surface area contributed by atoms with Crippen LogP contribution in [0.25, 0.3) is 0 Å². The van der Waals surface area contributed by atoms with Crippen molar-refractivity contribution in [2.75, 3.05) is 37.6 Å². The van der Waals surface area contributed by atoms with Gasteiger partial charge in [0.05, 0.1) is 31.1 Å². The van der Waals surface area contributed by atoms with E-state index in [-0.39, 0.29) is 28.5 Å². The number of methoxy groups -OCH3 is 2. The molecule has 0 saturated carbocycles. The number of hydrogen-bond acceptors (Lipinski definition) is 8. The maximum absolute atomic E-state index is 12.1. The second kappa shape index (κ2) is 11.3. The molecule has 1 aromatic carbocycles. The predicted molar refractivity (Wildman–Crippen MR) is 109 cm³/mol. The first kappa shape index (κ1) is 24.3. The Kier molecular flexibility index (Phi) is 9.46. The van der Waals surface area contributed by atoms with Gasteiger partial charge in [-0.1, -0.05) is 0 Å². The lowest BCUT2D eigenvalue weighted by atomic mass is 10.1. The largest absolute Gasteiger partial charge is 0.465 e. The highest BCUT2D eigenvalue weighted by molar-refractivity contribution is 7.99. The summed E-state index contributed by atoms with van der Waals surface area (Å²) >= 11 is 1.31. The summed E-state index contributed by atoms with van der Waals surface area (Å²) in [5.74, 6) is -0.998. The summed E-state index contributed by atoms with van der Waals surface area (Å²) in [6, 6.07) is 4.14. The molecule has 0 spiro atoms. The van der Waals surface area contributed by atoms with Gasteiger partial charge in [0.2, 0.25) is 5.91 Å². The first-order valence-corrected chi connectivity index (χ1v) is 9.87. The van der Waals surface area contributed by atoms with Gasteiger partial charge in [0.1, 0.15) is 5.60 Å². The molecule has 0 heterocycles. The van der Waals surface area contributed by atoms with Gasteiger partial charge in [0.15, 0.2) is 0 Å². The molecule has 29 heavy (non-hydrogen) atoms. The SMILES string of the molecule is COC(=O)c1cc(NC(=O)CSCCNC(=O)OC(C)(C)C)cc(C(=O)OC)c1. The minimum atomic E-state index is -0.645. The molecule has 9 nitrogen and oxygen atoms in total. The number of carbonyl (C=O) groups excluding carboxylic acids is 4. The Balaban J connectivity index is 2.56. The van der Waals surface area contributed by atoms with E-state index in [1.165, 1.54) is 44.2 Å². The fourth-order valence-corrected chi connectivity index (χ4v) is 2.72. The molecule has 0 aromatic heterocycles. The third kappa shape index (κ3) is 9.33. The van der Waals surface area contributed by atoms with Crippen LogP contribution in [-0.4, -0.2) is 61.8 Å². The fraction of sp³-hybridized carbons (Fsp3) is 0.474. The van der Waals surface area contributed by atoms with Gasteiger partial charge in [-0.15, -0.1) is 0 Å². The van der Waals surface area contributed by atoms with Gasteiger partial charge in [0.25, 0.3) is 0 Å². The van der Waals surface area contributed by atoms with Crippen LogP contribution in [0.1, 0.15) is 41.5 Å². The molecule has 2 amide bonds. The van der Waals surface area contributed by atoms with Crippen molar-refractivity contribution in [1.82, 2.24) is 5.32 Å². The molecule has 1 aromatic rings. The van der Waals surface area contributed by atoms with Gasteiger partial charge < -0.3 is 24.8 Å². The van der Waals surface area contributed by atoms with Crippen molar-refractivity contribution in [2.45, 2.75) is 26.4 Å². The minimum absolute atomic E-state index is 0.111. The molecule has 0 aliphatic heterocycles. The molecule has 0 atom stereocenters. The van der Waals surface area contributed by atoms with Gasteiger partial charge in [0, 0.05) is 18.0 Å². The van der Waals surface area contributed by atoms with Crippen LogP contribution in [0.4, 0.5) is 10.5 Å². The number of anilines is 1. The van der Waals surface area contributed by atoms with E-state index in [2.05, 4.69) is 20.1 Å². The Labute approximate surface area is 173 Å². The van der Waals surface area contributed by atoms with Crippen LogP contribution in [0.2, 0.25) is 0 Å². The second-order valence-corrected chi connectivity index (χ2v) is 7.92. The maximum atomic E-state index is 12.1.